The molecule has 16 heavy (non-hydrogen) atoms. The van der Waals surface area contributed by atoms with Gasteiger partial charge in [0.1, 0.15) is 11.6 Å². The summed E-state index contributed by atoms with van der Waals surface area (Å²) in [5.41, 5.74) is 6.87. The van der Waals surface area contributed by atoms with Gasteiger partial charge in [-0.25, -0.2) is 8.78 Å². The van der Waals surface area contributed by atoms with Crippen LogP contribution in [-0.2, 0) is 0 Å². The number of rotatable bonds is 2. The molecule has 1 unspecified atom stereocenters. The third kappa shape index (κ3) is 2.14. The molecule has 0 amide bonds. The van der Waals surface area contributed by atoms with Crippen molar-refractivity contribution in [3.05, 3.63) is 47.0 Å². The standard InChI is InChI=1S/C13H15F2N/c14-10-7-4-8-11(15)12(10)13(16)9-5-2-1-3-6-9/h4-5,7-8,13H,1-3,6,16H2. The van der Waals surface area contributed by atoms with Gasteiger partial charge in [-0.15, -0.1) is 0 Å². The monoisotopic (exact) mass is 223 g/mol. The molecule has 0 spiro atoms. The Morgan fingerprint density at radius 3 is 2.38 bits per heavy atom. The van der Waals surface area contributed by atoms with Crippen molar-refractivity contribution in [1.29, 1.82) is 0 Å². The van der Waals surface area contributed by atoms with Gasteiger partial charge in [-0.05, 0) is 37.8 Å². The Morgan fingerprint density at radius 2 is 1.81 bits per heavy atom. The fourth-order valence-corrected chi connectivity index (χ4v) is 2.14. The van der Waals surface area contributed by atoms with Crippen LogP contribution in [0.5, 0.6) is 0 Å². The minimum Gasteiger partial charge on any atom is -0.320 e. The largest absolute Gasteiger partial charge is 0.320 e. The Bertz CT molecular complexity index is 392. The SMILES string of the molecule is NC(C1=CCCCC1)c1c(F)cccc1F. The Kier molecular flexibility index (Phi) is 3.34. The zero-order valence-corrected chi connectivity index (χ0v) is 9.05. The summed E-state index contributed by atoms with van der Waals surface area (Å²) in [7, 11) is 0. The van der Waals surface area contributed by atoms with Crippen molar-refractivity contribution in [2.45, 2.75) is 31.7 Å². The summed E-state index contributed by atoms with van der Waals surface area (Å²) in [6, 6.07) is 3.22. The van der Waals surface area contributed by atoms with Crippen molar-refractivity contribution in [2.24, 2.45) is 5.73 Å². The first-order valence-corrected chi connectivity index (χ1v) is 5.58. The average Bonchev–Trinajstić information content (AvgIpc) is 2.30. The second-order valence-electron chi connectivity index (χ2n) is 4.14. The molecule has 0 fully saturated rings. The summed E-state index contributed by atoms with van der Waals surface area (Å²) in [6.07, 6.45) is 6.00. The van der Waals surface area contributed by atoms with E-state index in [0.717, 1.165) is 31.3 Å². The fraction of sp³-hybridized carbons (Fsp3) is 0.385. The maximum Gasteiger partial charge on any atom is 0.131 e. The van der Waals surface area contributed by atoms with Crippen molar-refractivity contribution in [1.82, 2.24) is 0 Å². The van der Waals surface area contributed by atoms with Crippen LogP contribution >= 0.6 is 0 Å². The Hall–Kier alpha value is -1.22. The van der Waals surface area contributed by atoms with Crippen molar-refractivity contribution < 1.29 is 8.78 Å². The van der Waals surface area contributed by atoms with E-state index < -0.39 is 17.7 Å². The van der Waals surface area contributed by atoms with Gasteiger partial charge in [-0.1, -0.05) is 17.7 Å². The molecule has 2 rings (SSSR count). The quantitative estimate of drug-likeness (QED) is 0.763. The molecule has 0 radical (unpaired) electrons. The lowest BCUT2D eigenvalue weighted by Gasteiger charge is -2.20. The lowest BCUT2D eigenvalue weighted by Crippen LogP contribution is -2.18. The fourth-order valence-electron chi connectivity index (χ4n) is 2.14. The van der Waals surface area contributed by atoms with Gasteiger partial charge < -0.3 is 5.73 Å². The Balaban J connectivity index is 2.33. The molecule has 1 atom stereocenters. The third-order valence-electron chi connectivity index (χ3n) is 3.04. The maximum atomic E-state index is 13.5. The predicted molar refractivity (Wildman–Crippen MR) is 59.8 cm³/mol. The van der Waals surface area contributed by atoms with E-state index >= 15 is 0 Å². The Morgan fingerprint density at radius 1 is 1.12 bits per heavy atom. The number of nitrogens with two attached hydrogens (primary N) is 1. The predicted octanol–water partition coefficient (Wildman–Crippen LogP) is 3.47. The molecular weight excluding hydrogens is 208 g/mol. The van der Waals surface area contributed by atoms with Crippen LogP contribution in [0.3, 0.4) is 0 Å². The second-order valence-corrected chi connectivity index (χ2v) is 4.14. The van der Waals surface area contributed by atoms with E-state index in [1.165, 1.54) is 18.2 Å². The third-order valence-corrected chi connectivity index (χ3v) is 3.04. The minimum atomic E-state index is -0.638. The number of hydrogen-bond acceptors (Lipinski definition) is 1. The van der Waals surface area contributed by atoms with Crippen molar-refractivity contribution in [3.8, 4) is 0 Å². The van der Waals surface area contributed by atoms with Crippen LogP contribution < -0.4 is 5.73 Å². The summed E-state index contributed by atoms with van der Waals surface area (Å²) in [4.78, 5) is 0. The molecule has 1 aliphatic rings. The van der Waals surface area contributed by atoms with E-state index in [4.69, 9.17) is 5.73 Å². The topological polar surface area (TPSA) is 26.0 Å². The molecular formula is C13H15F2N. The number of hydrogen-bond donors (Lipinski definition) is 1. The summed E-state index contributed by atoms with van der Waals surface area (Å²) < 4.78 is 27.0. The molecule has 0 aromatic heterocycles. The van der Waals surface area contributed by atoms with Crippen LogP contribution in [0.15, 0.2) is 29.8 Å². The molecule has 0 saturated heterocycles. The van der Waals surface area contributed by atoms with Crippen LogP contribution in [0, 0.1) is 11.6 Å². The van der Waals surface area contributed by atoms with Crippen molar-refractivity contribution in [3.63, 3.8) is 0 Å². The lowest BCUT2D eigenvalue weighted by atomic mass is 9.90. The van der Waals surface area contributed by atoms with E-state index in [1.807, 2.05) is 6.08 Å². The smallest absolute Gasteiger partial charge is 0.131 e. The highest BCUT2D eigenvalue weighted by Crippen LogP contribution is 2.30. The molecule has 0 bridgehead atoms. The molecule has 2 N–H and O–H groups in total. The van der Waals surface area contributed by atoms with E-state index in [-0.39, 0.29) is 5.56 Å². The summed E-state index contributed by atoms with van der Waals surface area (Å²) >= 11 is 0. The first kappa shape index (κ1) is 11.3. The molecule has 86 valence electrons. The van der Waals surface area contributed by atoms with Gasteiger partial charge in [0.05, 0.1) is 6.04 Å². The van der Waals surface area contributed by atoms with Crippen molar-refractivity contribution >= 4 is 0 Å². The number of allylic oxidation sites excluding steroid dienone is 1. The van der Waals surface area contributed by atoms with Crippen LogP contribution in [0.1, 0.15) is 37.3 Å². The average molecular weight is 223 g/mol. The zero-order chi connectivity index (χ0) is 11.5. The van der Waals surface area contributed by atoms with E-state index in [0.29, 0.717) is 0 Å². The molecule has 1 aromatic carbocycles. The van der Waals surface area contributed by atoms with Crippen molar-refractivity contribution in [2.75, 3.05) is 0 Å². The highest BCUT2D eigenvalue weighted by atomic mass is 19.1. The van der Waals surface area contributed by atoms with E-state index in [1.54, 1.807) is 0 Å². The number of benzene rings is 1. The molecule has 1 aliphatic carbocycles. The van der Waals surface area contributed by atoms with Gasteiger partial charge in [0.15, 0.2) is 0 Å². The molecule has 1 nitrogen and oxygen atoms in total. The van der Waals surface area contributed by atoms with Crippen LogP contribution in [0.2, 0.25) is 0 Å². The molecule has 1 aromatic rings. The van der Waals surface area contributed by atoms with Gasteiger partial charge in [0, 0.05) is 5.56 Å². The Labute approximate surface area is 94.0 Å². The first-order valence-electron chi connectivity index (χ1n) is 5.58. The molecule has 3 heteroatoms. The minimum absolute atomic E-state index is 0.00403. The van der Waals surface area contributed by atoms with E-state index in [9.17, 15) is 8.78 Å². The van der Waals surface area contributed by atoms with Gasteiger partial charge in [0.2, 0.25) is 0 Å². The van der Waals surface area contributed by atoms with Gasteiger partial charge in [0.25, 0.3) is 0 Å². The van der Waals surface area contributed by atoms with Crippen LogP contribution in [-0.4, -0.2) is 0 Å². The van der Waals surface area contributed by atoms with Gasteiger partial charge >= 0.3 is 0 Å². The summed E-state index contributed by atoms with van der Waals surface area (Å²) in [6.45, 7) is 0. The molecule has 0 saturated carbocycles. The number of halogens is 2. The lowest BCUT2D eigenvalue weighted by molar-refractivity contribution is 0.531. The summed E-state index contributed by atoms with van der Waals surface area (Å²) in [5, 5.41) is 0. The van der Waals surface area contributed by atoms with Gasteiger partial charge in [-0.3, -0.25) is 0 Å². The van der Waals surface area contributed by atoms with Crippen LogP contribution in [0.4, 0.5) is 8.78 Å². The van der Waals surface area contributed by atoms with Gasteiger partial charge in [-0.2, -0.15) is 0 Å². The van der Waals surface area contributed by atoms with E-state index in [2.05, 4.69) is 0 Å². The first-order chi connectivity index (χ1) is 7.70. The maximum absolute atomic E-state index is 13.5. The second kappa shape index (κ2) is 4.74. The normalized spacial score (nSPS) is 18.1. The highest BCUT2D eigenvalue weighted by molar-refractivity contribution is 5.30. The molecule has 0 heterocycles. The molecule has 0 aliphatic heterocycles. The zero-order valence-electron chi connectivity index (χ0n) is 9.05. The highest BCUT2D eigenvalue weighted by Gasteiger charge is 2.20. The summed E-state index contributed by atoms with van der Waals surface area (Å²) in [5.74, 6) is -1.11. The van der Waals surface area contributed by atoms with Crippen LogP contribution in [0.25, 0.3) is 0 Å².